The predicted octanol–water partition coefficient (Wildman–Crippen LogP) is 4.97. The van der Waals surface area contributed by atoms with E-state index in [0.29, 0.717) is 28.8 Å². The highest BCUT2D eigenvalue weighted by Crippen LogP contribution is 2.41. The molecule has 0 spiro atoms. The number of fused-ring (bicyclic) bond motifs is 1. The molecule has 4 aromatic rings. The van der Waals surface area contributed by atoms with E-state index in [0.717, 1.165) is 28.4 Å². The molecule has 1 saturated carbocycles. The number of nitrogens with two attached hydrogens (primary N) is 1. The molecule has 1 amide bonds. The molecular formula is C25H23N5O2. The van der Waals surface area contributed by atoms with Crippen molar-refractivity contribution >= 4 is 28.3 Å². The smallest absolute Gasteiger partial charge is 0.228 e. The van der Waals surface area contributed by atoms with Crippen LogP contribution in [0.5, 0.6) is 11.6 Å². The summed E-state index contributed by atoms with van der Waals surface area (Å²) in [5.74, 6) is 1.90. The first-order chi connectivity index (χ1) is 15.5. The predicted molar refractivity (Wildman–Crippen MR) is 124 cm³/mol. The number of nitrogens with one attached hydrogen (secondary N) is 1. The summed E-state index contributed by atoms with van der Waals surface area (Å²) in [6.45, 7) is 4.08. The molecule has 0 aliphatic heterocycles. The first-order valence-electron chi connectivity index (χ1n) is 10.6. The number of amides is 1. The molecule has 2 heterocycles. The number of ether oxygens (including phenoxy) is 1. The molecular weight excluding hydrogens is 402 g/mol. The minimum atomic E-state index is 0.0707. The lowest BCUT2D eigenvalue weighted by atomic mass is 10.0. The molecule has 2 aromatic heterocycles. The SMILES string of the molecule is Cc1ccc2c(NC(=O)[C@@H]3C[C@@H]3C)cccc2c1Oc1ncccc1-c1ccnc(N)n1. The summed E-state index contributed by atoms with van der Waals surface area (Å²) in [5, 5.41) is 4.90. The molecule has 32 heavy (non-hydrogen) atoms. The van der Waals surface area contributed by atoms with E-state index >= 15 is 0 Å². The van der Waals surface area contributed by atoms with Gasteiger partial charge in [0, 0.05) is 34.8 Å². The Hall–Kier alpha value is -4.00. The van der Waals surface area contributed by atoms with Gasteiger partial charge in [-0.3, -0.25) is 4.79 Å². The third kappa shape index (κ3) is 3.73. The number of benzene rings is 2. The van der Waals surface area contributed by atoms with Crippen molar-refractivity contribution < 1.29 is 9.53 Å². The fourth-order valence-electron chi connectivity index (χ4n) is 3.88. The van der Waals surface area contributed by atoms with E-state index < -0.39 is 0 Å². The second-order valence-electron chi connectivity index (χ2n) is 8.18. The number of anilines is 2. The molecule has 1 aliphatic carbocycles. The average Bonchev–Trinajstić information content (AvgIpc) is 3.53. The van der Waals surface area contributed by atoms with Crippen LogP contribution < -0.4 is 15.8 Å². The number of hydrogen-bond donors (Lipinski definition) is 2. The molecule has 2 atom stereocenters. The van der Waals surface area contributed by atoms with Gasteiger partial charge in [0.15, 0.2) is 0 Å². The molecule has 7 nitrogen and oxygen atoms in total. The van der Waals surface area contributed by atoms with E-state index in [1.165, 1.54) is 0 Å². The standard InChI is InChI=1S/C25H23N5O2/c1-14-8-9-16-17(5-3-7-20(16)29-23(31)19-13-15(19)2)22(14)32-24-18(6-4-11-27-24)21-10-12-28-25(26)30-21/h3-12,15,19H,13H2,1-2H3,(H,29,31)(H2,26,28,30)/t15-,19+/m0/s1. The number of rotatable bonds is 5. The van der Waals surface area contributed by atoms with E-state index in [2.05, 4.69) is 27.2 Å². The van der Waals surface area contributed by atoms with Gasteiger partial charge >= 0.3 is 0 Å². The lowest BCUT2D eigenvalue weighted by Crippen LogP contribution is -2.14. The lowest BCUT2D eigenvalue weighted by molar-refractivity contribution is -0.117. The number of pyridine rings is 1. The van der Waals surface area contributed by atoms with Crippen LogP contribution in [-0.4, -0.2) is 20.9 Å². The van der Waals surface area contributed by atoms with Gasteiger partial charge in [-0.1, -0.05) is 31.2 Å². The average molecular weight is 425 g/mol. The first kappa shape index (κ1) is 19.9. The van der Waals surface area contributed by atoms with Gasteiger partial charge in [-0.2, -0.15) is 0 Å². The highest BCUT2D eigenvalue weighted by atomic mass is 16.5. The van der Waals surface area contributed by atoms with Crippen LogP contribution in [-0.2, 0) is 4.79 Å². The van der Waals surface area contributed by atoms with Gasteiger partial charge in [0.05, 0.1) is 11.3 Å². The molecule has 2 aromatic carbocycles. The van der Waals surface area contributed by atoms with Gasteiger partial charge in [0.2, 0.25) is 17.7 Å². The summed E-state index contributed by atoms with van der Waals surface area (Å²) in [4.78, 5) is 25.2. The Morgan fingerprint density at radius 2 is 1.91 bits per heavy atom. The van der Waals surface area contributed by atoms with E-state index in [-0.39, 0.29) is 17.8 Å². The van der Waals surface area contributed by atoms with Gasteiger partial charge in [-0.05, 0) is 49.1 Å². The van der Waals surface area contributed by atoms with Crippen LogP contribution in [0.2, 0.25) is 0 Å². The zero-order valence-corrected chi connectivity index (χ0v) is 17.9. The van der Waals surface area contributed by atoms with Crippen LogP contribution in [0.15, 0.2) is 60.9 Å². The van der Waals surface area contributed by atoms with Crippen molar-refractivity contribution in [1.29, 1.82) is 0 Å². The second kappa shape index (κ2) is 7.92. The highest BCUT2D eigenvalue weighted by molar-refractivity contribution is 6.05. The maximum Gasteiger partial charge on any atom is 0.228 e. The molecule has 5 rings (SSSR count). The zero-order chi connectivity index (χ0) is 22.2. The van der Waals surface area contributed by atoms with Gasteiger partial charge in [-0.15, -0.1) is 0 Å². The number of nitrogens with zero attached hydrogens (tertiary/aromatic N) is 3. The Kier molecular flexibility index (Phi) is 4.93. The van der Waals surface area contributed by atoms with Crippen molar-refractivity contribution in [2.24, 2.45) is 11.8 Å². The van der Waals surface area contributed by atoms with E-state index in [9.17, 15) is 4.79 Å². The highest BCUT2D eigenvalue weighted by Gasteiger charge is 2.39. The Labute approximate surface area is 185 Å². The molecule has 0 bridgehead atoms. The molecule has 1 aliphatic rings. The van der Waals surface area contributed by atoms with Crippen molar-refractivity contribution in [3.63, 3.8) is 0 Å². The summed E-state index contributed by atoms with van der Waals surface area (Å²) in [5.41, 5.74) is 8.85. The monoisotopic (exact) mass is 425 g/mol. The number of carbonyl (C=O) groups excluding carboxylic acids is 1. The number of aromatic nitrogens is 3. The molecule has 0 saturated heterocycles. The Morgan fingerprint density at radius 1 is 1.06 bits per heavy atom. The van der Waals surface area contributed by atoms with Crippen LogP contribution in [0.3, 0.4) is 0 Å². The second-order valence-corrected chi connectivity index (χ2v) is 8.18. The van der Waals surface area contributed by atoms with Crippen LogP contribution in [0.1, 0.15) is 18.9 Å². The zero-order valence-electron chi connectivity index (χ0n) is 17.9. The van der Waals surface area contributed by atoms with E-state index in [1.54, 1.807) is 18.5 Å². The Bertz CT molecular complexity index is 1340. The van der Waals surface area contributed by atoms with Crippen LogP contribution >= 0.6 is 0 Å². The molecule has 7 heteroatoms. The number of carbonyl (C=O) groups is 1. The van der Waals surface area contributed by atoms with Crippen molar-refractivity contribution in [3.8, 4) is 22.9 Å². The largest absolute Gasteiger partial charge is 0.437 e. The van der Waals surface area contributed by atoms with Crippen LogP contribution in [0.4, 0.5) is 11.6 Å². The number of aryl methyl sites for hydroxylation is 1. The van der Waals surface area contributed by atoms with Gasteiger partial charge in [0.1, 0.15) is 5.75 Å². The quantitative estimate of drug-likeness (QED) is 0.468. The summed E-state index contributed by atoms with van der Waals surface area (Å²) < 4.78 is 6.36. The topological polar surface area (TPSA) is 103 Å². The normalized spacial score (nSPS) is 17.2. The van der Waals surface area contributed by atoms with Crippen LogP contribution in [0, 0.1) is 18.8 Å². The van der Waals surface area contributed by atoms with Gasteiger partial charge in [0.25, 0.3) is 0 Å². The van der Waals surface area contributed by atoms with E-state index in [1.807, 2.05) is 49.4 Å². The summed E-state index contributed by atoms with van der Waals surface area (Å²) >= 11 is 0. The third-order valence-corrected chi connectivity index (χ3v) is 5.83. The summed E-state index contributed by atoms with van der Waals surface area (Å²) in [6, 6.07) is 15.3. The molecule has 0 radical (unpaired) electrons. The number of hydrogen-bond acceptors (Lipinski definition) is 6. The fraction of sp³-hybridized carbons (Fsp3) is 0.200. The van der Waals surface area contributed by atoms with Crippen LogP contribution in [0.25, 0.3) is 22.0 Å². The summed E-state index contributed by atoms with van der Waals surface area (Å²) in [6.07, 6.45) is 4.22. The molecule has 160 valence electrons. The lowest BCUT2D eigenvalue weighted by Gasteiger charge is -2.16. The van der Waals surface area contributed by atoms with Gasteiger partial charge < -0.3 is 15.8 Å². The summed E-state index contributed by atoms with van der Waals surface area (Å²) in [7, 11) is 0. The van der Waals surface area contributed by atoms with Crippen molar-refractivity contribution in [2.45, 2.75) is 20.3 Å². The van der Waals surface area contributed by atoms with Crippen molar-refractivity contribution in [1.82, 2.24) is 15.0 Å². The van der Waals surface area contributed by atoms with Crippen molar-refractivity contribution in [2.75, 3.05) is 11.1 Å². The van der Waals surface area contributed by atoms with Gasteiger partial charge in [-0.25, -0.2) is 15.0 Å². The molecule has 1 fully saturated rings. The molecule has 3 N–H and O–H groups in total. The van der Waals surface area contributed by atoms with Crippen molar-refractivity contribution in [3.05, 3.63) is 66.5 Å². The maximum atomic E-state index is 12.5. The fourth-order valence-corrected chi connectivity index (χ4v) is 3.88. The first-order valence-corrected chi connectivity index (χ1v) is 10.6. The third-order valence-electron chi connectivity index (χ3n) is 5.83. The number of nitrogen functional groups attached to an aromatic ring is 1. The Balaban J connectivity index is 1.55. The van der Waals surface area contributed by atoms with E-state index in [4.69, 9.17) is 10.5 Å². The minimum absolute atomic E-state index is 0.0707. The maximum absolute atomic E-state index is 12.5. The molecule has 0 unspecified atom stereocenters. The Morgan fingerprint density at radius 3 is 2.69 bits per heavy atom. The minimum Gasteiger partial charge on any atom is -0.437 e.